The number of carbonyl (C=O) groups excluding carboxylic acids is 1. The van der Waals surface area contributed by atoms with Crippen molar-refractivity contribution in [3.8, 4) is 6.07 Å². The van der Waals surface area contributed by atoms with E-state index in [0.717, 1.165) is 0 Å². The molecule has 0 radical (unpaired) electrons. The number of nitrogens with one attached hydrogen (secondary N) is 1. The van der Waals surface area contributed by atoms with E-state index < -0.39 is 40.3 Å². The number of carboxylic acids is 1. The van der Waals surface area contributed by atoms with Crippen LogP contribution in [0.3, 0.4) is 0 Å². The minimum Gasteiger partial charge on any atom is -0.481 e. The Morgan fingerprint density at radius 2 is 2.07 bits per heavy atom. The van der Waals surface area contributed by atoms with Crippen molar-refractivity contribution in [2.24, 2.45) is 5.41 Å². The smallest absolute Gasteiger partial charge is 0.336 e. The van der Waals surface area contributed by atoms with Gasteiger partial charge in [0.05, 0.1) is 22.7 Å². The number of nitrogens with zero attached hydrogens (tertiary/aromatic N) is 2. The van der Waals surface area contributed by atoms with Crippen molar-refractivity contribution in [2.45, 2.75) is 45.8 Å². The summed E-state index contributed by atoms with van der Waals surface area (Å²) < 4.78 is 5.28. The Hall–Kier alpha value is -3.41. The number of carboxylic acid groups (broad SMARTS) is 1. The number of hydrogen-bond donors (Lipinski definition) is 2. The Labute approximate surface area is 161 Å². The Balaban J connectivity index is 2.79. The van der Waals surface area contributed by atoms with Gasteiger partial charge in [-0.05, 0) is 33.3 Å². The van der Waals surface area contributed by atoms with Gasteiger partial charge in [0.15, 0.2) is 0 Å². The number of non-ortho nitro benzene ring substituents is 1. The summed E-state index contributed by atoms with van der Waals surface area (Å²) >= 11 is 0. The molecule has 9 heteroatoms. The van der Waals surface area contributed by atoms with Crippen molar-refractivity contribution in [1.29, 1.82) is 5.26 Å². The Kier molecular flexibility index (Phi) is 5.73. The Morgan fingerprint density at radius 3 is 2.57 bits per heavy atom. The Bertz CT molecular complexity index is 901. The van der Waals surface area contributed by atoms with Gasteiger partial charge in [0.25, 0.3) is 5.69 Å². The normalized spacial score (nSPS) is 24.3. The highest BCUT2D eigenvalue weighted by molar-refractivity contribution is 5.94. The van der Waals surface area contributed by atoms with Crippen LogP contribution >= 0.6 is 0 Å². The second-order valence-electron chi connectivity index (χ2n) is 7.07. The van der Waals surface area contributed by atoms with Crippen LogP contribution in [0.5, 0.6) is 0 Å². The molecule has 1 aliphatic heterocycles. The molecule has 0 bridgehead atoms. The van der Waals surface area contributed by atoms with Gasteiger partial charge in [-0.3, -0.25) is 14.9 Å². The fourth-order valence-corrected chi connectivity index (χ4v) is 3.42. The molecule has 2 N–H and O–H groups in total. The minimum absolute atomic E-state index is 0.0330. The minimum atomic E-state index is -1.77. The number of nitro groups is 1. The first-order valence-corrected chi connectivity index (χ1v) is 8.59. The SMILES string of the molecule is CC1=C(C(=O)OC(C)C)C(c2cccc([N+](=O)[O-])c2)C(C)(C(=O)O)C(C#N)N1. The van der Waals surface area contributed by atoms with Gasteiger partial charge in [-0.1, -0.05) is 12.1 Å². The monoisotopic (exact) mass is 387 g/mol. The van der Waals surface area contributed by atoms with Crippen molar-refractivity contribution >= 4 is 17.6 Å². The van der Waals surface area contributed by atoms with Crippen LogP contribution in [0.15, 0.2) is 35.5 Å². The van der Waals surface area contributed by atoms with E-state index in [1.54, 1.807) is 20.8 Å². The van der Waals surface area contributed by atoms with Gasteiger partial charge in [-0.15, -0.1) is 0 Å². The molecule has 148 valence electrons. The number of allylic oxidation sites excluding steroid dienone is 1. The largest absolute Gasteiger partial charge is 0.481 e. The Morgan fingerprint density at radius 1 is 1.43 bits per heavy atom. The highest BCUT2D eigenvalue weighted by Crippen LogP contribution is 2.48. The van der Waals surface area contributed by atoms with Gasteiger partial charge < -0.3 is 15.2 Å². The third-order valence-electron chi connectivity index (χ3n) is 4.82. The highest BCUT2D eigenvalue weighted by Gasteiger charge is 2.55. The molecule has 1 aromatic carbocycles. The average molecular weight is 387 g/mol. The predicted octanol–water partition coefficient (Wildman–Crippen LogP) is 2.49. The van der Waals surface area contributed by atoms with E-state index in [0.29, 0.717) is 5.70 Å². The van der Waals surface area contributed by atoms with E-state index in [1.165, 1.54) is 31.2 Å². The highest BCUT2D eigenvalue weighted by atomic mass is 16.6. The first-order chi connectivity index (χ1) is 13.0. The van der Waals surface area contributed by atoms with Gasteiger partial charge in [-0.25, -0.2) is 4.79 Å². The summed E-state index contributed by atoms with van der Waals surface area (Å²) in [6.07, 6.45) is -0.455. The number of carbonyl (C=O) groups is 2. The van der Waals surface area contributed by atoms with Crippen LogP contribution in [0.2, 0.25) is 0 Å². The van der Waals surface area contributed by atoms with Crippen LogP contribution in [0.4, 0.5) is 5.69 Å². The maximum atomic E-state index is 12.8. The van der Waals surface area contributed by atoms with Crippen LogP contribution in [-0.2, 0) is 14.3 Å². The summed E-state index contributed by atoms with van der Waals surface area (Å²) in [6.45, 7) is 6.20. The van der Waals surface area contributed by atoms with Gasteiger partial charge in [-0.2, -0.15) is 5.26 Å². The standard InChI is InChI=1S/C19H21N3O6/c1-10(2)28-17(23)15-11(3)21-14(9-20)19(4,18(24)25)16(15)12-6-5-7-13(8-12)22(26)27/h5-8,10,14,16,21H,1-4H3,(H,24,25). The zero-order valence-electron chi connectivity index (χ0n) is 15.9. The van der Waals surface area contributed by atoms with E-state index in [-0.39, 0.29) is 16.8 Å². The summed E-state index contributed by atoms with van der Waals surface area (Å²) in [7, 11) is 0. The predicted molar refractivity (Wildman–Crippen MR) is 98.0 cm³/mol. The summed E-state index contributed by atoms with van der Waals surface area (Å²) in [5.41, 5.74) is -1.44. The lowest BCUT2D eigenvalue weighted by Crippen LogP contribution is -2.55. The maximum Gasteiger partial charge on any atom is 0.336 e. The molecular weight excluding hydrogens is 366 g/mol. The second-order valence-corrected chi connectivity index (χ2v) is 7.07. The first kappa shape index (κ1) is 20.9. The molecule has 0 saturated heterocycles. The molecule has 2 rings (SSSR count). The van der Waals surface area contributed by atoms with Gasteiger partial charge in [0.2, 0.25) is 0 Å². The summed E-state index contributed by atoms with van der Waals surface area (Å²) in [6, 6.07) is 6.19. The molecule has 0 spiro atoms. The van der Waals surface area contributed by atoms with Crippen molar-refractivity contribution in [3.05, 3.63) is 51.2 Å². The number of rotatable bonds is 5. The molecule has 0 aromatic heterocycles. The topological polar surface area (TPSA) is 143 Å². The average Bonchev–Trinajstić information content (AvgIpc) is 2.61. The van der Waals surface area contributed by atoms with Gasteiger partial charge >= 0.3 is 11.9 Å². The summed E-state index contributed by atoms with van der Waals surface area (Å²) in [5, 5.41) is 33.5. The van der Waals surface area contributed by atoms with Crippen LogP contribution in [0, 0.1) is 26.9 Å². The first-order valence-electron chi connectivity index (χ1n) is 8.59. The van der Waals surface area contributed by atoms with Crippen molar-refractivity contribution < 1.29 is 24.4 Å². The lowest BCUT2D eigenvalue weighted by atomic mass is 9.63. The fourth-order valence-electron chi connectivity index (χ4n) is 3.42. The molecule has 0 aliphatic carbocycles. The zero-order valence-corrected chi connectivity index (χ0v) is 15.9. The molecule has 0 saturated carbocycles. The number of aliphatic carboxylic acids is 1. The van der Waals surface area contributed by atoms with Crippen molar-refractivity contribution in [2.75, 3.05) is 0 Å². The summed E-state index contributed by atoms with van der Waals surface area (Å²) in [4.78, 5) is 35.6. The molecule has 0 fully saturated rings. The number of esters is 1. The van der Waals surface area contributed by atoms with E-state index >= 15 is 0 Å². The lowest BCUT2D eigenvalue weighted by Gasteiger charge is -2.43. The molecule has 0 amide bonds. The van der Waals surface area contributed by atoms with Crippen molar-refractivity contribution in [1.82, 2.24) is 5.32 Å². The lowest BCUT2D eigenvalue weighted by molar-refractivity contribution is -0.384. The molecule has 1 aromatic rings. The molecule has 3 unspecified atom stereocenters. The van der Waals surface area contributed by atoms with E-state index in [2.05, 4.69) is 5.32 Å². The molecular formula is C19H21N3O6. The number of benzene rings is 1. The molecule has 28 heavy (non-hydrogen) atoms. The van der Waals surface area contributed by atoms with Crippen LogP contribution in [0.1, 0.15) is 39.2 Å². The number of nitriles is 1. The number of nitro benzene ring substituents is 1. The third-order valence-corrected chi connectivity index (χ3v) is 4.82. The molecule has 3 atom stereocenters. The molecule has 1 heterocycles. The number of hydrogen-bond acceptors (Lipinski definition) is 7. The number of ether oxygens (including phenoxy) is 1. The van der Waals surface area contributed by atoms with Crippen LogP contribution < -0.4 is 5.32 Å². The fraction of sp³-hybridized carbons (Fsp3) is 0.421. The van der Waals surface area contributed by atoms with Gasteiger partial charge in [0, 0.05) is 23.7 Å². The van der Waals surface area contributed by atoms with Crippen molar-refractivity contribution in [3.63, 3.8) is 0 Å². The van der Waals surface area contributed by atoms with E-state index in [1.807, 2.05) is 6.07 Å². The zero-order chi connectivity index (χ0) is 21.2. The van der Waals surface area contributed by atoms with E-state index in [9.17, 15) is 30.1 Å². The second kappa shape index (κ2) is 7.68. The summed E-state index contributed by atoms with van der Waals surface area (Å²) in [5.74, 6) is -3.17. The van der Waals surface area contributed by atoms with Crippen LogP contribution in [-0.4, -0.2) is 34.1 Å². The van der Waals surface area contributed by atoms with Crippen LogP contribution in [0.25, 0.3) is 0 Å². The maximum absolute atomic E-state index is 12.8. The quantitative estimate of drug-likeness (QED) is 0.446. The van der Waals surface area contributed by atoms with Gasteiger partial charge in [0.1, 0.15) is 11.5 Å². The molecule has 1 aliphatic rings. The molecule has 9 nitrogen and oxygen atoms in total. The van der Waals surface area contributed by atoms with E-state index in [4.69, 9.17) is 4.74 Å². The third kappa shape index (κ3) is 3.53.